The van der Waals surface area contributed by atoms with E-state index in [1.807, 2.05) is 0 Å². The third-order valence-electron chi connectivity index (χ3n) is 11.8. The number of esters is 1. The lowest BCUT2D eigenvalue weighted by Gasteiger charge is -2.22. The van der Waals surface area contributed by atoms with Gasteiger partial charge in [0, 0.05) is 12.8 Å². The summed E-state index contributed by atoms with van der Waals surface area (Å²) in [6.45, 7) is 4.89. The summed E-state index contributed by atoms with van der Waals surface area (Å²) in [6, 6.07) is -0.552. The summed E-state index contributed by atoms with van der Waals surface area (Å²) in [6.07, 6.45) is 55.7. The highest BCUT2D eigenvalue weighted by Gasteiger charge is 2.20. The molecule has 0 radical (unpaired) electrons. The van der Waals surface area contributed by atoms with Gasteiger partial charge in [-0.05, 0) is 57.8 Å². The van der Waals surface area contributed by atoms with E-state index >= 15 is 0 Å². The molecule has 0 saturated heterocycles. The average Bonchev–Trinajstić information content (AvgIpc) is 3.22. The van der Waals surface area contributed by atoms with E-state index in [9.17, 15) is 19.8 Å². The molecule has 0 fully saturated rings. The molecular weight excluding hydrogens is 719 g/mol. The van der Waals surface area contributed by atoms with Crippen LogP contribution in [0.3, 0.4) is 0 Å². The predicted molar refractivity (Wildman–Crippen MR) is 250 cm³/mol. The summed E-state index contributed by atoms with van der Waals surface area (Å²) in [4.78, 5) is 24.5. The van der Waals surface area contributed by atoms with Gasteiger partial charge in [0.2, 0.25) is 5.91 Å². The fourth-order valence-electron chi connectivity index (χ4n) is 7.79. The fraction of sp³-hybridized carbons (Fsp3) is 0.885. The Balaban J connectivity index is 3.44. The molecule has 0 aliphatic carbocycles. The number of hydrogen-bond acceptors (Lipinski definition) is 5. The second-order valence-electron chi connectivity index (χ2n) is 17.5. The van der Waals surface area contributed by atoms with Gasteiger partial charge in [-0.15, -0.1) is 0 Å². The Kier molecular flexibility index (Phi) is 46.6. The van der Waals surface area contributed by atoms with Gasteiger partial charge in [-0.1, -0.05) is 224 Å². The lowest BCUT2D eigenvalue weighted by molar-refractivity contribution is -0.143. The van der Waals surface area contributed by atoms with Gasteiger partial charge in [0.15, 0.2) is 0 Å². The van der Waals surface area contributed by atoms with Crippen LogP contribution in [0.25, 0.3) is 0 Å². The van der Waals surface area contributed by atoms with E-state index in [4.69, 9.17) is 4.74 Å². The smallest absolute Gasteiger partial charge is 0.305 e. The zero-order valence-corrected chi connectivity index (χ0v) is 38.8. The number of unbranched alkanes of at least 4 members (excludes halogenated alkanes) is 32. The first-order chi connectivity index (χ1) is 28.5. The van der Waals surface area contributed by atoms with Crippen molar-refractivity contribution in [1.29, 1.82) is 0 Å². The van der Waals surface area contributed by atoms with Crippen molar-refractivity contribution in [3.63, 3.8) is 0 Å². The second-order valence-corrected chi connectivity index (χ2v) is 17.5. The van der Waals surface area contributed by atoms with Gasteiger partial charge in [0.05, 0.1) is 25.4 Å². The summed E-state index contributed by atoms with van der Waals surface area (Å²) >= 11 is 0. The normalized spacial score (nSPS) is 12.8. The Morgan fingerprint density at radius 2 is 0.862 bits per heavy atom. The van der Waals surface area contributed by atoms with Gasteiger partial charge in [-0.25, -0.2) is 0 Å². The van der Waals surface area contributed by atoms with Crippen molar-refractivity contribution < 1.29 is 24.5 Å². The molecule has 0 saturated carbocycles. The Hall–Kier alpha value is -1.66. The highest BCUT2D eigenvalue weighted by molar-refractivity contribution is 5.76. The summed E-state index contributed by atoms with van der Waals surface area (Å²) in [5.41, 5.74) is 0. The molecule has 0 aliphatic heterocycles. The number of amides is 1. The molecule has 6 heteroatoms. The van der Waals surface area contributed by atoms with Gasteiger partial charge in [0.1, 0.15) is 0 Å². The van der Waals surface area contributed by atoms with E-state index < -0.39 is 12.1 Å². The average molecular weight is 818 g/mol. The first-order valence-electron chi connectivity index (χ1n) is 25.6. The molecule has 0 heterocycles. The topological polar surface area (TPSA) is 95.9 Å². The number of carbonyl (C=O) groups excluding carboxylic acids is 2. The monoisotopic (exact) mass is 818 g/mol. The minimum atomic E-state index is -0.673. The van der Waals surface area contributed by atoms with Crippen LogP contribution in [-0.2, 0) is 14.3 Å². The van der Waals surface area contributed by atoms with E-state index in [-0.39, 0.29) is 18.5 Å². The molecule has 3 N–H and O–H groups in total. The van der Waals surface area contributed by atoms with Crippen LogP contribution in [0.15, 0.2) is 24.3 Å². The maximum absolute atomic E-state index is 12.4. The number of allylic oxidation sites excluding steroid dienone is 4. The molecule has 342 valence electrons. The minimum Gasteiger partial charge on any atom is -0.466 e. The van der Waals surface area contributed by atoms with Gasteiger partial charge < -0.3 is 20.3 Å². The Bertz CT molecular complexity index is 904. The van der Waals surface area contributed by atoms with E-state index in [2.05, 4.69) is 43.5 Å². The number of aliphatic hydroxyl groups is 2. The van der Waals surface area contributed by atoms with Crippen molar-refractivity contribution in [2.75, 3.05) is 13.2 Å². The molecule has 0 aromatic carbocycles. The molecule has 0 spiro atoms. The van der Waals surface area contributed by atoms with Crippen LogP contribution in [-0.4, -0.2) is 47.4 Å². The third kappa shape index (κ3) is 43.9. The number of hydrogen-bond donors (Lipinski definition) is 3. The van der Waals surface area contributed by atoms with Crippen LogP contribution in [0, 0.1) is 0 Å². The van der Waals surface area contributed by atoms with Gasteiger partial charge in [-0.2, -0.15) is 0 Å². The summed E-state index contributed by atoms with van der Waals surface area (Å²) in [5, 5.41) is 23.1. The number of ether oxygens (including phenoxy) is 1. The molecule has 0 aromatic rings. The number of nitrogens with one attached hydrogen (secondary N) is 1. The van der Waals surface area contributed by atoms with Crippen molar-refractivity contribution in [3.05, 3.63) is 24.3 Å². The van der Waals surface area contributed by atoms with Crippen molar-refractivity contribution in [1.82, 2.24) is 5.32 Å². The molecule has 0 rings (SSSR count). The maximum atomic E-state index is 12.4. The van der Waals surface area contributed by atoms with Crippen molar-refractivity contribution in [2.45, 2.75) is 283 Å². The van der Waals surface area contributed by atoms with E-state index in [0.717, 1.165) is 64.2 Å². The van der Waals surface area contributed by atoms with Gasteiger partial charge in [0.25, 0.3) is 0 Å². The SMILES string of the molecule is CCCCCC/C=C\C/C=C\CCCCCCCCCC(=O)OCCCCCCCCCCCCCCC(=O)NC(CO)C(O)CCCCCCCCCCCCC. The fourth-order valence-corrected chi connectivity index (χ4v) is 7.79. The molecule has 0 aromatic heterocycles. The third-order valence-corrected chi connectivity index (χ3v) is 11.8. The Morgan fingerprint density at radius 1 is 0.483 bits per heavy atom. The van der Waals surface area contributed by atoms with E-state index in [1.165, 1.54) is 173 Å². The zero-order valence-electron chi connectivity index (χ0n) is 38.8. The number of rotatable bonds is 47. The van der Waals surface area contributed by atoms with Crippen LogP contribution in [0.2, 0.25) is 0 Å². The molecule has 2 unspecified atom stereocenters. The number of aliphatic hydroxyl groups excluding tert-OH is 2. The van der Waals surface area contributed by atoms with Crippen molar-refractivity contribution >= 4 is 11.9 Å². The molecule has 2 atom stereocenters. The maximum Gasteiger partial charge on any atom is 0.305 e. The summed E-state index contributed by atoms with van der Waals surface area (Å²) in [7, 11) is 0. The Morgan fingerprint density at radius 3 is 1.33 bits per heavy atom. The molecule has 0 bridgehead atoms. The second kappa shape index (κ2) is 48.0. The molecule has 1 amide bonds. The van der Waals surface area contributed by atoms with Crippen molar-refractivity contribution in [3.8, 4) is 0 Å². The Labute approximate surface area is 361 Å². The highest BCUT2D eigenvalue weighted by atomic mass is 16.5. The zero-order chi connectivity index (χ0) is 42.3. The van der Waals surface area contributed by atoms with Gasteiger partial charge >= 0.3 is 5.97 Å². The standard InChI is InChI=1S/C52H99NO5/c1-3-5-7-9-11-13-15-16-17-18-19-20-21-26-30-34-38-42-46-52(57)58-47-43-39-35-31-27-23-22-25-29-33-37-41-45-51(56)53-49(48-54)50(55)44-40-36-32-28-24-14-12-10-8-6-4-2/h13,15,17-18,49-50,54-55H,3-12,14,16,19-48H2,1-2H3,(H,53,56)/b15-13-,18-17-. The first kappa shape index (κ1) is 56.3. The largest absolute Gasteiger partial charge is 0.466 e. The minimum absolute atomic E-state index is 0.0169. The molecule has 58 heavy (non-hydrogen) atoms. The highest BCUT2D eigenvalue weighted by Crippen LogP contribution is 2.16. The molecular formula is C52H99NO5. The summed E-state index contributed by atoms with van der Waals surface area (Å²) in [5.74, 6) is -0.0692. The van der Waals surface area contributed by atoms with Crippen LogP contribution in [0.4, 0.5) is 0 Å². The van der Waals surface area contributed by atoms with E-state index in [0.29, 0.717) is 25.9 Å². The number of carbonyl (C=O) groups is 2. The van der Waals surface area contributed by atoms with Crippen LogP contribution in [0.5, 0.6) is 0 Å². The van der Waals surface area contributed by atoms with Crippen LogP contribution in [0.1, 0.15) is 271 Å². The predicted octanol–water partition coefficient (Wildman–Crippen LogP) is 15.1. The quantitative estimate of drug-likeness (QED) is 0.0323. The lowest BCUT2D eigenvalue weighted by Crippen LogP contribution is -2.45. The lowest BCUT2D eigenvalue weighted by atomic mass is 10.0. The molecule has 6 nitrogen and oxygen atoms in total. The van der Waals surface area contributed by atoms with Crippen molar-refractivity contribution in [2.24, 2.45) is 0 Å². The van der Waals surface area contributed by atoms with E-state index in [1.54, 1.807) is 0 Å². The first-order valence-corrected chi connectivity index (χ1v) is 25.6. The van der Waals surface area contributed by atoms with Gasteiger partial charge in [-0.3, -0.25) is 9.59 Å². The summed E-state index contributed by atoms with van der Waals surface area (Å²) < 4.78 is 5.46. The van der Waals surface area contributed by atoms with Crippen LogP contribution < -0.4 is 5.32 Å². The van der Waals surface area contributed by atoms with Crippen LogP contribution >= 0.6 is 0 Å². The molecule has 0 aliphatic rings.